The van der Waals surface area contributed by atoms with Crippen LogP contribution in [0.15, 0.2) is 60.8 Å². The van der Waals surface area contributed by atoms with Gasteiger partial charge in [0.05, 0.1) is 24.3 Å². The Balaban J connectivity index is 1.87. The molecule has 0 saturated carbocycles. The summed E-state index contributed by atoms with van der Waals surface area (Å²) in [6.45, 7) is 4.05. The quantitative estimate of drug-likeness (QED) is 0.744. The van der Waals surface area contributed by atoms with Crippen molar-refractivity contribution in [3.05, 3.63) is 66.4 Å². The maximum absolute atomic E-state index is 4.55. The van der Waals surface area contributed by atoms with E-state index in [4.69, 9.17) is 0 Å². The molecule has 0 aliphatic heterocycles. The summed E-state index contributed by atoms with van der Waals surface area (Å²) >= 11 is 0. The van der Waals surface area contributed by atoms with E-state index in [1.54, 1.807) is 0 Å². The molecule has 1 unspecified atom stereocenters. The third-order valence-corrected chi connectivity index (χ3v) is 3.75. The summed E-state index contributed by atoms with van der Waals surface area (Å²) < 4.78 is 2.09. The third kappa shape index (κ3) is 3.14. The first kappa shape index (κ1) is 13.8. The Kier molecular flexibility index (Phi) is 4.31. The molecule has 21 heavy (non-hydrogen) atoms. The van der Waals surface area contributed by atoms with Gasteiger partial charge in [-0.15, -0.1) is 0 Å². The largest absolute Gasteiger partial charge is 0.308 e. The van der Waals surface area contributed by atoms with Gasteiger partial charge in [0.15, 0.2) is 0 Å². The van der Waals surface area contributed by atoms with Crippen LogP contribution in [-0.2, 0) is 6.54 Å². The van der Waals surface area contributed by atoms with Crippen molar-refractivity contribution in [3.63, 3.8) is 0 Å². The molecule has 0 saturated heterocycles. The summed E-state index contributed by atoms with van der Waals surface area (Å²) in [7, 11) is 0. The minimum Gasteiger partial charge on any atom is -0.308 e. The lowest BCUT2D eigenvalue weighted by molar-refractivity contribution is 0.446. The number of nitrogens with one attached hydrogen (secondary N) is 1. The average Bonchev–Trinajstić information content (AvgIpc) is 2.95. The fourth-order valence-corrected chi connectivity index (χ4v) is 2.64. The highest BCUT2D eigenvalue weighted by atomic mass is 15.3. The second-order valence-corrected chi connectivity index (χ2v) is 5.30. The van der Waals surface area contributed by atoms with Crippen LogP contribution < -0.4 is 5.32 Å². The van der Waals surface area contributed by atoms with E-state index in [-0.39, 0.29) is 6.04 Å². The molecule has 3 heteroatoms. The van der Waals surface area contributed by atoms with Crippen molar-refractivity contribution in [2.24, 2.45) is 0 Å². The van der Waals surface area contributed by atoms with Gasteiger partial charge in [-0.05, 0) is 24.6 Å². The van der Waals surface area contributed by atoms with Gasteiger partial charge in [0.25, 0.3) is 0 Å². The zero-order valence-electron chi connectivity index (χ0n) is 12.4. The number of nitrogens with zero attached hydrogens (tertiary/aromatic N) is 2. The number of fused-ring (bicyclic) bond motifs is 1. The number of hydrogen-bond donors (Lipinski definition) is 1. The van der Waals surface area contributed by atoms with Crippen LogP contribution in [0.25, 0.3) is 10.9 Å². The van der Waals surface area contributed by atoms with E-state index in [9.17, 15) is 0 Å². The average molecular weight is 279 g/mol. The molecule has 3 nitrogen and oxygen atoms in total. The van der Waals surface area contributed by atoms with E-state index >= 15 is 0 Å². The lowest BCUT2D eigenvalue weighted by Gasteiger charge is -2.19. The lowest BCUT2D eigenvalue weighted by atomic mass is 10.1. The summed E-state index contributed by atoms with van der Waals surface area (Å²) in [5.41, 5.74) is 2.50. The Morgan fingerprint density at radius 2 is 1.81 bits per heavy atom. The molecule has 3 rings (SSSR count). The van der Waals surface area contributed by atoms with E-state index in [0.29, 0.717) is 0 Å². The molecule has 0 spiro atoms. The summed E-state index contributed by atoms with van der Waals surface area (Å²) in [5, 5.41) is 9.37. The van der Waals surface area contributed by atoms with E-state index in [1.165, 1.54) is 16.5 Å². The molecular formula is C18H21N3. The predicted molar refractivity (Wildman–Crippen MR) is 87.2 cm³/mol. The zero-order chi connectivity index (χ0) is 14.5. The van der Waals surface area contributed by atoms with Crippen molar-refractivity contribution in [2.75, 3.05) is 6.54 Å². The van der Waals surface area contributed by atoms with Crippen LogP contribution in [0.1, 0.15) is 24.9 Å². The normalized spacial score (nSPS) is 12.6. The molecule has 0 aliphatic carbocycles. The molecule has 0 aliphatic rings. The summed E-state index contributed by atoms with van der Waals surface area (Å²) in [5.74, 6) is 0. The molecule has 3 aromatic rings. The Morgan fingerprint density at radius 3 is 2.62 bits per heavy atom. The molecule has 1 aromatic heterocycles. The molecule has 0 fully saturated rings. The number of aromatic nitrogens is 2. The molecular weight excluding hydrogens is 258 g/mol. The first-order chi connectivity index (χ1) is 10.4. The molecule has 108 valence electrons. The molecule has 1 N–H and O–H groups in total. The SMILES string of the molecule is CCCNC(Cn1ncc2ccccc21)c1ccccc1. The van der Waals surface area contributed by atoms with Crippen LogP contribution in [0.2, 0.25) is 0 Å². The topological polar surface area (TPSA) is 29.9 Å². The van der Waals surface area contributed by atoms with Crippen LogP contribution in [0, 0.1) is 0 Å². The molecule has 1 heterocycles. The number of para-hydroxylation sites is 1. The van der Waals surface area contributed by atoms with Crippen molar-refractivity contribution >= 4 is 10.9 Å². The van der Waals surface area contributed by atoms with Crippen molar-refractivity contribution in [3.8, 4) is 0 Å². The van der Waals surface area contributed by atoms with Gasteiger partial charge in [0, 0.05) is 5.39 Å². The van der Waals surface area contributed by atoms with Crippen molar-refractivity contribution < 1.29 is 0 Å². The minimum atomic E-state index is 0.287. The third-order valence-electron chi connectivity index (χ3n) is 3.75. The molecule has 1 atom stereocenters. The Labute approximate surface area is 125 Å². The van der Waals surface area contributed by atoms with Gasteiger partial charge in [-0.25, -0.2) is 0 Å². The van der Waals surface area contributed by atoms with E-state index in [0.717, 1.165) is 19.5 Å². The van der Waals surface area contributed by atoms with Gasteiger partial charge >= 0.3 is 0 Å². The van der Waals surface area contributed by atoms with Gasteiger partial charge < -0.3 is 5.32 Å². The van der Waals surface area contributed by atoms with Crippen LogP contribution in [0.3, 0.4) is 0 Å². The van der Waals surface area contributed by atoms with Crippen molar-refractivity contribution in [1.82, 2.24) is 15.1 Å². The van der Waals surface area contributed by atoms with Gasteiger partial charge in [-0.1, -0.05) is 55.5 Å². The second kappa shape index (κ2) is 6.55. The van der Waals surface area contributed by atoms with Gasteiger partial charge in [0.2, 0.25) is 0 Å². The van der Waals surface area contributed by atoms with Gasteiger partial charge in [-0.3, -0.25) is 4.68 Å². The highest BCUT2D eigenvalue weighted by Crippen LogP contribution is 2.19. The minimum absolute atomic E-state index is 0.287. The second-order valence-electron chi connectivity index (χ2n) is 5.30. The Bertz CT molecular complexity index is 688. The predicted octanol–water partition coefficient (Wildman–Crippen LogP) is 3.78. The highest BCUT2D eigenvalue weighted by Gasteiger charge is 2.13. The van der Waals surface area contributed by atoms with E-state index in [2.05, 4.69) is 76.6 Å². The van der Waals surface area contributed by atoms with Crippen LogP contribution >= 0.6 is 0 Å². The van der Waals surface area contributed by atoms with Gasteiger partial charge in [0.1, 0.15) is 0 Å². The highest BCUT2D eigenvalue weighted by molar-refractivity contribution is 5.78. The fourth-order valence-electron chi connectivity index (χ4n) is 2.64. The Hall–Kier alpha value is -2.13. The summed E-state index contributed by atoms with van der Waals surface area (Å²) in [6.07, 6.45) is 3.07. The van der Waals surface area contributed by atoms with E-state index in [1.807, 2.05) is 6.20 Å². The molecule has 0 radical (unpaired) electrons. The summed E-state index contributed by atoms with van der Waals surface area (Å²) in [6, 6.07) is 19.3. The van der Waals surface area contributed by atoms with Crippen LogP contribution in [-0.4, -0.2) is 16.3 Å². The van der Waals surface area contributed by atoms with E-state index < -0.39 is 0 Å². The maximum Gasteiger partial charge on any atom is 0.0683 e. The summed E-state index contributed by atoms with van der Waals surface area (Å²) in [4.78, 5) is 0. The van der Waals surface area contributed by atoms with Gasteiger partial charge in [-0.2, -0.15) is 5.10 Å². The van der Waals surface area contributed by atoms with Crippen molar-refractivity contribution in [2.45, 2.75) is 25.9 Å². The lowest BCUT2D eigenvalue weighted by Crippen LogP contribution is -2.26. The smallest absolute Gasteiger partial charge is 0.0683 e. The zero-order valence-corrected chi connectivity index (χ0v) is 12.4. The molecule has 2 aromatic carbocycles. The molecule has 0 bridgehead atoms. The van der Waals surface area contributed by atoms with Crippen LogP contribution in [0.4, 0.5) is 0 Å². The fraction of sp³-hybridized carbons (Fsp3) is 0.278. The first-order valence-electron chi connectivity index (χ1n) is 7.57. The number of hydrogen-bond acceptors (Lipinski definition) is 2. The number of benzene rings is 2. The molecule has 0 amide bonds. The maximum atomic E-state index is 4.55. The number of rotatable bonds is 6. The first-order valence-corrected chi connectivity index (χ1v) is 7.57. The van der Waals surface area contributed by atoms with Crippen LogP contribution in [0.5, 0.6) is 0 Å². The van der Waals surface area contributed by atoms with Crippen molar-refractivity contribution in [1.29, 1.82) is 0 Å². The Morgan fingerprint density at radius 1 is 1.05 bits per heavy atom. The standard InChI is InChI=1S/C18H21N3/c1-2-12-19-17(15-8-4-3-5-9-15)14-21-18-11-7-6-10-16(18)13-20-21/h3-11,13,17,19H,2,12,14H2,1H3. The monoisotopic (exact) mass is 279 g/mol.